The van der Waals surface area contributed by atoms with Crippen LogP contribution in [0.25, 0.3) is 21.3 Å². The third-order valence-corrected chi connectivity index (χ3v) is 5.87. The third-order valence-electron chi connectivity index (χ3n) is 3.84. The first-order chi connectivity index (χ1) is 12.8. The summed E-state index contributed by atoms with van der Waals surface area (Å²) in [6.07, 6.45) is 1.54. The number of para-hydroxylation sites is 1. The van der Waals surface area contributed by atoms with E-state index in [9.17, 15) is 4.79 Å². The number of thioether (sulfide) groups is 1. The molecule has 0 unspecified atom stereocenters. The average Bonchev–Trinajstić information content (AvgIpc) is 3.17. The van der Waals surface area contributed by atoms with Crippen LogP contribution in [-0.4, -0.2) is 21.6 Å². The highest BCUT2D eigenvalue weighted by molar-refractivity contribution is 8.00. The van der Waals surface area contributed by atoms with E-state index in [-0.39, 0.29) is 5.91 Å². The summed E-state index contributed by atoms with van der Waals surface area (Å²) in [6.45, 7) is 0. The van der Waals surface area contributed by atoms with E-state index in [4.69, 9.17) is 0 Å². The number of hydrogen-bond acceptors (Lipinski definition) is 5. The van der Waals surface area contributed by atoms with E-state index in [1.807, 2.05) is 66.0 Å². The summed E-state index contributed by atoms with van der Waals surface area (Å²) in [7, 11) is 0. The lowest BCUT2D eigenvalue weighted by molar-refractivity contribution is -0.113. The first kappa shape index (κ1) is 16.8. The normalized spacial score (nSPS) is 10.8. The van der Waals surface area contributed by atoms with Crippen molar-refractivity contribution < 1.29 is 4.79 Å². The molecule has 0 aliphatic rings. The van der Waals surface area contributed by atoms with Crippen LogP contribution >= 0.6 is 23.1 Å². The summed E-state index contributed by atoms with van der Waals surface area (Å²) in [5, 5.41) is 5.85. The molecule has 0 saturated heterocycles. The second kappa shape index (κ2) is 7.68. The van der Waals surface area contributed by atoms with Crippen LogP contribution in [0.1, 0.15) is 0 Å². The molecule has 1 amide bonds. The minimum atomic E-state index is -0.0540. The number of carbonyl (C=O) groups excluding carboxylic acids is 1. The lowest BCUT2D eigenvalue weighted by atomic mass is 10.0. The van der Waals surface area contributed by atoms with Gasteiger partial charge in [-0.25, -0.2) is 9.97 Å². The monoisotopic (exact) mass is 377 g/mol. The van der Waals surface area contributed by atoms with Gasteiger partial charge in [-0.3, -0.25) is 4.79 Å². The maximum absolute atomic E-state index is 12.5. The Bertz CT molecular complexity index is 1050. The van der Waals surface area contributed by atoms with Gasteiger partial charge in [-0.05, 0) is 23.1 Å². The summed E-state index contributed by atoms with van der Waals surface area (Å²) in [5.41, 5.74) is 3.82. The minimum Gasteiger partial charge on any atom is -0.325 e. The molecular weight excluding hydrogens is 362 g/mol. The van der Waals surface area contributed by atoms with Crippen molar-refractivity contribution >= 4 is 44.9 Å². The first-order valence-electron chi connectivity index (χ1n) is 8.06. The number of benzene rings is 2. The van der Waals surface area contributed by atoms with E-state index in [1.54, 1.807) is 17.7 Å². The van der Waals surface area contributed by atoms with Gasteiger partial charge in [0.1, 0.15) is 11.4 Å². The predicted octanol–water partition coefficient (Wildman–Crippen LogP) is 5.09. The average molecular weight is 377 g/mol. The number of anilines is 1. The van der Waals surface area contributed by atoms with E-state index in [0.29, 0.717) is 5.75 Å². The van der Waals surface area contributed by atoms with Gasteiger partial charge in [0.2, 0.25) is 5.91 Å². The fourth-order valence-electron chi connectivity index (χ4n) is 2.65. The second-order valence-electron chi connectivity index (χ2n) is 5.56. The van der Waals surface area contributed by atoms with Gasteiger partial charge in [0, 0.05) is 11.3 Å². The Morgan fingerprint density at radius 1 is 1.00 bits per heavy atom. The molecule has 0 aliphatic heterocycles. The van der Waals surface area contributed by atoms with E-state index < -0.39 is 0 Å². The van der Waals surface area contributed by atoms with E-state index in [2.05, 4.69) is 15.3 Å². The molecule has 128 valence electrons. The zero-order valence-corrected chi connectivity index (χ0v) is 15.4. The molecule has 2 aromatic carbocycles. The molecule has 0 aliphatic carbocycles. The smallest absolute Gasteiger partial charge is 0.234 e. The van der Waals surface area contributed by atoms with Gasteiger partial charge in [-0.1, -0.05) is 60.3 Å². The third kappa shape index (κ3) is 3.61. The summed E-state index contributed by atoms with van der Waals surface area (Å²) in [5.74, 6) is 0.245. The summed E-state index contributed by atoms with van der Waals surface area (Å²) < 4.78 is 1.02. The number of aromatic nitrogens is 2. The lowest BCUT2D eigenvalue weighted by Crippen LogP contribution is -2.14. The van der Waals surface area contributed by atoms with Crippen molar-refractivity contribution in [2.75, 3.05) is 11.1 Å². The maximum atomic E-state index is 12.5. The molecule has 1 N–H and O–H groups in total. The molecule has 2 heterocycles. The zero-order chi connectivity index (χ0) is 17.8. The molecule has 26 heavy (non-hydrogen) atoms. The molecule has 0 fully saturated rings. The quantitative estimate of drug-likeness (QED) is 0.389. The number of fused-ring (bicyclic) bond motifs is 1. The zero-order valence-electron chi connectivity index (χ0n) is 13.8. The van der Waals surface area contributed by atoms with Gasteiger partial charge in [-0.15, -0.1) is 11.3 Å². The Morgan fingerprint density at radius 3 is 2.69 bits per heavy atom. The van der Waals surface area contributed by atoms with Crippen LogP contribution in [0.5, 0.6) is 0 Å². The Morgan fingerprint density at radius 2 is 1.81 bits per heavy atom. The summed E-state index contributed by atoms with van der Waals surface area (Å²) in [4.78, 5) is 21.0. The molecule has 0 atom stereocenters. The highest BCUT2D eigenvalue weighted by atomic mass is 32.2. The Labute approximate surface area is 159 Å². The number of amides is 1. The minimum absolute atomic E-state index is 0.0540. The molecule has 0 bridgehead atoms. The Hall–Kier alpha value is -2.70. The van der Waals surface area contributed by atoms with Crippen molar-refractivity contribution in [1.82, 2.24) is 9.97 Å². The summed E-state index contributed by atoms with van der Waals surface area (Å²) in [6, 6.07) is 19.8. The molecule has 4 nitrogen and oxygen atoms in total. The lowest BCUT2D eigenvalue weighted by Gasteiger charge is -2.11. The number of carbonyl (C=O) groups is 1. The van der Waals surface area contributed by atoms with Crippen molar-refractivity contribution in [3.05, 3.63) is 72.4 Å². The van der Waals surface area contributed by atoms with E-state index in [0.717, 1.165) is 32.1 Å². The van der Waals surface area contributed by atoms with Crippen LogP contribution in [0, 0.1) is 0 Å². The molecule has 4 aromatic rings. The van der Waals surface area contributed by atoms with Crippen LogP contribution in [0.4, 0.5) is 5.69 Å². The number of thiophene rings is 1. The van der Waals surface area contributed by atoms with Crippen molar-refractivity contribution in [1.29, 1.82) is 0 Å². The molecule has 0 saturated carbocycles. The number of nitrogens with zero attached hydrogens (tertiary/aromatic N) is 2. The van der Waals surface area contributed by atoms with Crippen molar-refractivity contribution in [3.8, 4) is 11.1 Å². The fourth-order valence-corrected chi connectivity index (χ4v) is 4.40. The standard InChI is InChI=1S/C20H15N3OS2/c24-18(12-26-20-19-17(10-11-25-19)21-13-22-20)23-16-9-5-4-8-15(16)14-6-2-1-3-7-14/h1-11,13H,12H2,(H,23,24). The van der Waals surface area contributed by atoms with Crippen LogP contribution in [0.3, 0.4) is 0 Å². The van der Waals surface area contributed by atoms with E-state index >= 15 is 0 Å². The van der Waals surface area contributed by atoms with Crippen LogP contribution in [0.15, 0.2) is 77.4 Å². The van der Waals surface area contributed by atoms with Gasteiger partial charge in [0.05, 0.1) is 16.0 Å². The topological polar surface area (TPSA) is 54.9 Å². The fraction of sp³-hybridized carbons (Fsp3) is 0.0500. The Kier molecular flexibility index (Phi) is 4.95. The van der Waals surface area contributed by atoms with Crippen LogP contribution < -0.4 is 5.32 Å². The van der Waals surface area contributed by atoms with Gasteiger partial charge in [-0.2, -0.15) is 0 Å². The molecule has 2 aromatic heterocycles. The molecule has 0 spiro atoms. The number of rotatable bonds is 5. The first-order valence-corrected chi connectivity index (χ1v) is 9.93. The van der Waals surface area contributed by atoms with Crippen molar-refractivity contribution in [3.63, 3.8) is 0 Å². The molecule has 6 heteroatoms. The molecule has 4 rings (SSSR count). The van der Waals surface area contributed by atoms with Gasteiger partial charge in [0.25, 0.3) is 0 Å². The largest absolute Gasteiger partial charge is 0.325 e. The highest BCUT2D eigenvalue weighted by Gasteiger charge is 2.11. The highest BCUT2D eigenvalue weighted by Crippen LogP contribution is 2.30. The second-order valence-corrected chi connectivity index (χ2v) is 7.44. The van der Waals surface area contributed by atoms with Crippen molar-refractivity contribution in [2.24, 2.45) is 0 Å². The number of nitrogens with one attached hydrogen (secondary N) is 1. The summed E-state index contributed by atoms with van der Waals surface area (Å²) >= 11 is 3.02. The van der Waals surface area contributed by atoms with Gasteiger partial charge >= 0.3 is 0 Å². The Balaban J connectivity index is 1.48. The van der Waals surface area contributed by atoms with Gasteiger partial charge in [0.15, 0.2) is 0 Å². The van der Waals surface area contributed by atoms with Crippen molar-refractivity contribution in [2.45, 2.75) is 5.03 Å². The van der Waals surface area contributed by atoms with Crippen LogP contribution in [-0.2, 0) is 4.79 Å². The predicted molar refractivity (Wildman–Crippen MR) is 109 cm³/mol. The van der Waals surface area contributed by atoms with Crippen LogP contribution in [0.2, 0.25) is 0 Å². The number of hydrogen-bond donors (Lipinski definition) is 1. The van der Waals surface area contributed by atoms with Gasteiger partial charge < -0.3 is 5.32 Å². The molecular formula is C20H15N3OS2. The van der Waals surface area contributed by atoms with E-state index in [1.165, 1.54) is 11.8 Å². The SMILES string of the molecule is O=C(CSc1ncnc2ccsc12)Nc1ccccc1-c1ccccc1. The molecule has 0 radical (unpaired) electrons. The maximum Gasteiger partial charge on any atom is 0.234 e.